The van der Waals surface area contributed by atoms with Crippen LogP contribution in [0, 0.1) is 10.7 Å². The zero-order valence-corrected chi connectivity index (χ0v) is 23.7. The normalized spacial score (nSPS) is 12.8. The van der Waals surface area contributed by atoms with E-state index in [1.807, 2.05) is 0 Å². The lowest BCUT2D eigenvalue weighted by Gasteiger charge is -2.35. The molecule has 0 spiro atoms. The fourth-order valence-corrected chi connectivity index (χ4v) is 7.40. The molecule has 1 rings (SSSR count). The highest BCUT2D eigenvalue weighted by atomic mass is 127. The first-order chi connectivity index (χ1) is 15.1. The summed E-state index contributed by atoms with van der Waals surface area (Å²) in [6.45, 7) is 2.04. The number of halogens is 9. The van der Waals surface area contributed by atoms with Crippen LogP contribution in [0.2, 0.25) is 0 Å². The van der Waals surface area contributed by atoms with Crippen LogP contribution in [0.25, 0.3) is 0 Å². The first-order valence-electron chi connectivity index (χ1n) is 8.13. The molecule has 0 aromatic heterocycles. The van der Waals surface area contributed by atoms with Crippen LogP contribution in [0.4, 0.5) is 37.7 Å². The zero-order valence-electron chi connectivity index (χ0n) is 16.4. The summed E-state index contributed by atoms with van der Waals surface area (Å²) in [5.41, 5.74) is -7.07. The average Bonchev–Trinajstić information content (AvgIpc) is 2.58. The maximum Gasteiger partial charge on any atom is 0.438 e. The van der Waals surface area contributed by atoms with Gasteiger partial charge in [-0.2, -0.15) is 34.8 Å². The number of hydrogen-bond acceptors (Lipinski definition) is 6. The summed E-state index contributed by atoms with van der Waals surface area (Å²) in [5, 5.41) is 4.48. The summed E-state index contributed by atoms with van der Waals surface area (Å²) in [4.78, 5) is 35.8. The van der Waals surface area contributed by atoms with Gasteiger partial charge in [0.2, 0.25) is 11.8 Å². The smallest absolute Gasteiger partial charge is 0.435 e. The molecule has 19 heteroatoms. The van der Waals surface area contributed by atoms with Crippen LogP contribution in [0.15, 0.2) is 0 Å². The van der Waals surface area contributed by atoms with E-state index in [2.05, 4.69) is 15.4 Å². The van der Waals surface area contributed by atoms with E-state index in [4.69, 9.17) is 4.55 Å². The maximum atomic E-state index is 13.6. The number of amides is 2. The minimum Gasteiger partial charge on any atom is -0.435 e. The third-order valence-corrected chi connectivity index (χ3v) is 7.70. The van der Waals surface area contributed by atoms with Crippen LogP contribution in [0.3, 0.4) is 0 Å². The molecule has 0 heterocycles. The summed E-state index contributed by atoms with van der Waals surface area (Å²) in [7, 11) is -5.99. The lowest BCUT2D eigenvalue weighted by Crippen LogP contribution is -2.63. The number of carbonyl (C=O) groups excluding carboxylic acids is 3. The first kappa shape index (κ1) is 31.3. The Kier molecular flexibility index (Phi) is 9.90. The molecule has 2 amide bonds. The van der Waals surface area contributed by atoms with Gasteiger partial charge in [-0.15, -0.1) is 0 Å². The number of nitrogens with one attached hydrogen (secondary N) is 2. The number of esters is 1. The lowest BCUT2D eigenvalue weighted by atomic mass is 10.0. The van der Waals surface area contributed by atoms with E-state index in [0.29, 0.717) is 0 Å². The minimum absolute atomic E-state index is 0.0733. The second-order valence-corrected chi connectivity index (χ2v) is 11.1. The van der Waals surface area contributed by atoms with Crippen molar-refractivity contribution < 1.29 is 58.4 Å². The second kappa shape index (κ2) is 10.7. The highest BCUT2D eigenvalue weighted by Gasteiger charge is 2.76. The quantitative estimate of drug-likeness (QED) is 0.168. The van der Waals surface area contributed by atoms with E-state index in [1.165, 1.54) is 45.2 Å². The third-order valence-electron chi connectivity index (χ3n) is 3.69. The van der Waals surface area contributed by atoms with Gasteiger partial charge in [0, 0.05) is 13.8 Å². The fraction of sp³-hybridized carbons (Fsp3) is 0.400. The largest absolute Gasteiger partial charge is 0.438 e. The fourth-order valence-electron chi connectivity index (χ4n) is 2.35. The number of rotatable bonds is 6. The number of hydrogen-bond donors (Lipinski definition) is 3. The third kappa shape index (κ3) is 6.96. The Morgan fingerprint density at radius 1 is 0.853 bits per heavy atom. The van der Waals surface area contributed by atoms with Gasteiger partial charge in [-0.05, 0) is 67.8 Å². The molecule has 34 heavy (non-hydrogen) atoms. The van der Waals surface area contributed by atoms with Crippen LogP contribution >= 0.6 is 67.8 Å². The summed E-state index contributed by atoms with van der Waals surface area (Å²) >= 11 is 4.30. The SMILES string of the molecule is CC(=O)Nc1c(I)c(NC(C)=O)c(I)c(C(=O)OC(CS(=O)(=O)O)(C(F)(F)F)C(F)(F)F)c1I. The van der Waals surface area contributed by atoms with Crippen molar-refractivity contribution in [3.05, 3.63) is 16.3 Å². The van der Waals surface area contributed by atoms with E-state index >= 15 is 0 Å². The standard InChI is InChI=1S/C15H11F6I3N2O7S/c1-4(27)25-10-7(22)6(8(23)11(9(10)24)26-5(2)28)12(29)33-13(14(16,17)18,15(19,20)21)3-34(30,31)32/h3H2,1-2H3,(H,25,27)(H,26,28)(H,30,31,32). The van der Waals surface area contributed by atoms with E-state index in [1.54, 1.807) is 22.6 Å². The Hall–Kier alpha value is -0.690. The van der Waals surface area contributed by atoms with Gasteiger partial charge in [-0.1, -0.05) is 0 Å². The summed E-state index contributed by atoms with van der Waals surface area (Å²) in [6, 6.07) is 0. The van der Waals surface area contributed by atoms with Gasteiger partial charge < -0.3 is 15.4 Å². The zero-order chi connectivity index (χ0) is 27.0. The monoisotopic (exact) mass is 858 g/mol. The number of alkyl halides is 6. The number of carbonyl (C=O) groups is 3. The molecule has 0 saturated heterocycles. The van der Waals surface area contributed by atoms with Gasteiger partial charge in [0.25, 0.3) is 10.1 Å². The number of anilines is 2. The molecule has 0 bridgehead atoms. The van der Waals surface area contributed by atoms with Gasteiger partial charge in [-0.3, -0.25) is 14.1 Å². The van der Waals surface area contributed by atoms with Gasteiger partial charge >= 0.3 is 23.9 Å². The van der Waals surface area contributed by atoms with Crippen molar-refractivity contribution in [2.45, 2.75) is 31.8 Å². The molecule has 0 unspecified atom stereocenters. The Morgan fingerprint density at radius 3 is 1.47 bits per heavy atom. The highest BCUT2D eigenvalue weighted by molar-refractivity contribution is 14.1. The first-order valence-corrected chi connectivity index (χ1v) is 13.0. The van der Waals surface area contributed by atoms with Crippen molar-refractivity contribution in [2.75, 3.05) is 16.4 Å². The predicted molar refractivity (Wildman–Crippen MR) is 130 cm³/mol. The second-order valence-electron chi connectivity index (χ2n) is 6.37. The average molecular weight is 858 g/mol. The van der Waals surface area contributed by atoms with Crippen LogP contribution < -0.4 is 10.6 Å². The minimum atomic E-state index is -6.53. The van der Waals surface area contributed by atoms with Crippen LogP contribution in [0.1, 0.15) is 24.2 Å². The van der Waals surface area contributed by atoms with Gasteiger partial charge in [0.1, 0.15) is 5.75 Å². The maximum absolute atomic E-state index is 13.6. The molecule has 3 N–H and O–H groups in total. The molecule has 0 radical (unpaired) electrons. The lowest BCUT2D eigenvalue weighted by molar-refractivity contribution is -0.356. The van der Waals surface area contributed by atoms with Gasteiger partial charge in [0.05, 0.1) is 27.6 Å². The molecule has 0 aliphatic heterocycles. The number of ether oxygens (including phenoxy) is 1. The Labute approximate surface area is 228 Å². The van der Waals surface area contributed by atoms with Gasteiger partial charge in [-0.25, -0.2) is 4.79 Å². The van der Waals surface area contributed by atoms with Crippen molar-refractivity contribution in [1.82, 2.24) is 0 Å². The molecule has 0 saturated carbocycles. The Bertz CT molecular complexity index is 1080. The molecule has 192 valence electrons. The van der Waals surface area contributed by atoms with E-state index in [-0.39, 0.29) is 22.1 Å². The van der Waals surface area contributed by atoms with Crippen LogP contribution in [-0.4, -0.2) is 54.5 Å². The molecule has 0 fully saturated rings. The van der Waals surface area contributed by atoms with Crippen LogP contribution in [-0.2, 0) is 24.4 Å². The van der Waals surface area contributed by atoms with E-state index in [0.717, 1.165) is 13.8 Å². The Balaban J connectivity index is 3.95. The predicted octanol–water partition coefficient (Wildman–Crippen LogP) is 4.33. The molecule has 0 atom stereocenters. The molecular weight excluding hydrogens is 847 g/mol. The van der Waals surface area contributed by atoms with E-state index < -0.39 is 57.2 Å². The molecule has 9 nitrogen and oxygen atoms in total. The van der Waals surface area contributed by atoms with Crippen molar-refractivity contribution in [3.8, 4) is 0 Å². The molecular formula is C15H11F6I3N2O7S. The molecule has 0 aliphatic rings. The summed E-state index contributed by atoms with van der Waals surface area (Å²) < 4.78 is 115. The molecule has 1 aromatic carbocycles. The topological polar surface area (TPSA) is 139 Å². The van der Waals surface area contributed by atoms with Crippen LogP contribution in [0.5, 0.6) is 0 Å². The molecule has 1 aromatic rings. The van der Waals surface area contributed by atoms with Crippen molar-refractivity contribution in [3.63, 3.8) is 0 Å². The number of benzene rings is 1. The van der Waals surface area contributed by atoms with Crippen molar-refractivity contribution >= 4 is 107 Å². The molecule has 0 aliphatic carbocycles. The van der Waals surface area contributed by atoms with Crippen molar-refractivity contribution in [1.29, 1.82) is 0 Å². The Morgan fingerprint density at radius 2 is 1.21 bits per heavy atom. The van der Waals surface area contributed by atoms with E-state index in [9.17, 15) is 49.1 Å². The summed E-state index contributed by atoms with van der Waals surface area (Å²) in [6.07, 6.45) is -13.1. The highest BCUT2D eigenvalue weighted by Crippen LogP contribution is 2.48. The van der Waals surface area contributed by atoms with Crippen molar-refractivity contribution in [2.24, 2.45) is 0 Å². The van der Waals surface area contributed by atoms with Gasteiger partial charge in [0.15, 0.2) is 0 Å². The summed E-state index contributed by atoms with van der Waals surface area (Å²) in [5.74, 6) is -6.83.